The van der Waals surface area contributed by atoms with Crippen molar-refractivity contribution in [3.05, 3.63) is 69.3 Å². The molecule has 2 bridgehead atoms. The molecule has 1 heteroatoms. The van der Waals surface area contributed by atoms with Gasteiger partial charge in [0.2, 0.25) is 0 Å². The van der Waals surface area contributed by atoms with Crippen molar-refractivity contribution in [1.82, 2.24) is 0 Å². The van der Waals surface area contributed by atoms with Crippen LogP contribution >= 0.6 is 22.6 Å². The van der Waals surface area contributed by atoms with Gasteiger partial charge in [0.15, 0.2) is 0 Å². The summed E-state index contributed by atoms with van der Waals surface area (Å²) in [5.41, 5.74) is 4.14. The zero-order valence-corrected chi connectivity index (χ0v) is 12.4. The van der Waals surface area contributed by atoms with Crippen molar-refractivity contribution < 1.29 is 0 Å². The van der Waals surface area contributed by atoms with Crippen LogP contribution in [-0.4, -0.2) is 0 Å². The average Bonchev–Trinajstić information content (AvgIpc) is 2.30. The first-order valence-corrected chi connectivity index (χ1v) is 7.62. The van der Waals surface area contributed by atoms with E-state index in [9.17, 15) is 0 Å². The number of benzene rings is 2. The maximum atomic E-state index is 2.38. The lowest BCUT2D eigenvalue weighted by molar-refractivity contribution is -0.0693. The highest BCUT2D eigenvalue weighted by Gasteiger charge is 2.68. The molecule has 3 fully saturated rings. The van der Waals surface area contributed by atoms with Gasteiger partial charge < -0.3 is 0 Å². The van der Waals surface area contributed by atoms with E-state index in [0.29, 0.717) is 10.8 Å². The van der Waals surface area contributed by atoms with E-state index < -0.39 is 0 Å². The molecule has 0 N–H and O–H groups in total. The van der Waals surface area contributed by atoms with Crippen molar-refractivity contribution >= 4 is 22.6 Å². The first-order chi connectivity index (χ1) is 8.73. The molecule has 3 saturated carbocycles. The third-order valence-electron chi connectivity index (χ3n) is 4.87. The van der Waals surface area contributed by atoms with Gasteiger partial charge in [-0.15, -0.1) is 0 Å². The van der Waals surface area contributed by atoms with E-state index in [1.807, 2.05) is 0 Å². The number of hydrogen-bond acceptors (Lipinski definition) is 0. The second-order valence-corrected chi connectivity index (χ2v) is 7.21. The van der Waals surface area contributed by atoms with Gasteiger partial charge in [-0.1, -0.05) is 42.5 Å². The Morgan fingerprint density at radius 2 is 1.17 bits per heavy atom. The quantitative estimate of drug-likeness (QED) is 0.694. The molecule has 0 aliphatic heterocycles. The minimum absolute atomic E-state index is 0.514. The van der Waals surface area contributed by atoms with E-state index >= 15 is 0 Å². The van der Waals surface area contributed by atoms with Gasteiger partial charge in [0, 0.05) is 3.57 Å². The van der Waals surface area contributed by atoms with Crippen LogP contribution in [0.1, 0.15) is 30.4 Å². The fourth-order valence-corrected chi connectivity index (χ4v) is 4.36. The summed E-state index contributed by atoms with van der Waals surface area (Å²) >= 11 is 2.38. The number of rotatable bonds is 2. The van der Waals surface area contributed by atoms with E-state index in [4.69, 9.17) is 0 Å². The van der Waals surface area contributed by atoms with Crippen molar-refractivity contribution in [2.24, 2.45) is 0 Å². The Labute approximate surface area is 122 Å². The largest absolute Gasteiger partial charge is 0.0622 e. The molecule has 3 aliphatic carbocycles. The molecule has 5 rings (SSSR count). The highest BCUT2D eigenvalue weighted by atomic mass is 127. The van der Waals surface area contributed by atoms with Crippen LogP contribution in [0.15, 0.2) is 54.6 Å². The minimum atomic E-state index is 0.514. The summed E-state index contributed by atoms with van der Waals surface area (Å²) in [7, 11) is 0. The van der Waals surface area contributed by atoms with Crippen LogP contribution < -0.4 is 0 Å². The van der Waals surface area contributed by atoms with Crippen LogP contribution in [-0.2, 0) is 10.8 Å². The molecule has 2 aromatic rings. The molecular formula is C17H15I. The van der Waals surface area contributed by atoms with Crippen LogP contribution in [0.3, 0.4) is 0 Å². The van der Waals surface area contributed by atoms with Crippen LogP contribution in [0.25, 0.3) is 0 Å². The minimum Gasteiger partial charge on any atom is -0.0622 e. The van der Waals surface area contributed by atoms with Gasteiger partial charge in [-0.25, -0.2) is 0 Å². The highest BCUT2D eigenvalue weighted by molar-refractivity contribution is 14.1. The normalized spacial score (nSPS) is 32.5. The van der Waals surface area contributed by atoms with Crippen molar-refractivity contribution in [1.29, 1.82) is 0 Å². The number of hydrogen-bond donors (Lipinski definition) is 0. The Bertz CT molecular complexity index is 563. The summed E-state index contributed by atoms with van der Waals surface area (Å²) in [5.74, 6) is 0. The second-order valence-electron chi connectivity index (χ2n) is 5.96. The molecule has 0 nitrogen and oxygen atoms in total. The molecule has 18 heavy (non-hydrogen) atoms. The highest BCUT2D eigenvalue weighted by Crippen LogP contribution is 2.73. The van der Waals surface area contributed by atoms with Crippen molar-refractivity contribution in [3.63, 3.8) is 0 Å². The molecule has 0 saturated heterocycles. The summed E-state index contributed by atoms with van der Waals surface area (Å²) in [6.45, 7) is 0. The predicted octanol–water partition coefficient (Wildman–Crippen LogP) is 4.66. The summed E-state index contributed by atoms with van der Waals surface area (Å²) < 4.78 is 1.33. The molecule has 2 aromatic carbocycles. The standard InChI is InChI=1S/C17H15I/c18-15-8-6-14(7-9-15)17-10-16(11-17,12-17)13-4-2-1-3-5-13/h1-9H,10-12H2. The number of halogens is 1. The van der Waals surface area contributed by atoms with Gasteiger partial charge in [0.05, 0.1) is 0 Å². The summed E-state index contributed by atoms with van der Waals surface area (Å²) in [5, 5.41) is 0. The Kier molecular flexibility index (Phi) is 2.20. The Morgan fingerprint density at radius 1 is 0.667 bits per heavy atom. The summed E-state index contributed by atoms with van der Waals surface area (Å²) in [4.78, 5) is 0. The van der Waals surface area contributed by atoms with Gasteiger partial charge in [0.1, 0.15) is 0 Å². The Balaban J connectivity index is 1.59. The Hall–Kier alpha value is -0.830. The molecule has 0 spiro atoms. The molecule has 0 unspecified atom stereocenters. The van der Waals surface area contributed by atoms with Gasteiger partial charge in [-0.3, -0.25) is 0 Å². The van der Waals surface area contributed by atoms with Crippen LogP contribution in [0, 0.1) is 3.57 Å². The third kappa shape index (κ3) is 1.37. The topological polar surface area (TPSA) is 0 Å². The first kappa shape index (κ1) is 11.0. The van der Waals surface area contributed by atoms with Gasteiger partial charge in [-0.2, -0.15) is 0 Å². The van der Waals surface area contributed by atoms with Gasteiger partial charge >= 0.3 is 0 Å². The van der Waals surface area contributed by atoms with Crippen molar-refractivity contribution in [2.75, 3.05) is 0 Å². The van der Waals surface area contributed by atoms with Crippen LogP contribution in [0.2, 0.25) is 0 Å². The molecule has 0 atom stereocenters. The van der Waals surface area contributed by atoms with E-state index in [0.717, 1.165) is 0 Å². The summed E-state index contributed by atoms with van der Waals surface area (Å²) in [6, 6.07) is 20.2. The first-order valence-electron chi connectivity index (χ1n) is 6.54. The fourth-order valence-electron chi connectivity index (χ4n) is 4.00. The van der Waals surface area contributed by atoms with Crippen molar-refractivity contribution in [2.45, 2.75) is 30.1 Å². The molecule has 0 radical (unpaired) electrons. The lowest BCUT2D eigenvalue weighted by atomic mass is 9.32. The monoisotopic (exact) mass is 346 g/mol. The molecule has 0 aromatic heterocycles. The molecule has 90 valence electrons. The van der Waals surface area contributed by atoms with E-state index in [2.05, 4.69) is 77.2 Å². The van der Waals surface area contributed by atoms with E-state index in [1.165, 1.54) is 22.8 Å². The lowest BCUT2D eigenvalue weighted by Crippen LogP contribution is -2.67. The van der Waals surface area contributed by atoms with E-state index in [1.54, 1.807) is 11.1 Å². The maximum Gasteiger partial charge on any atom is 0.0130 e. The summed E-state index contributed by atoms with van der Waals surface area (Å²) in [6.07, 6.45) is 4.06. The zero-order chi connectivity index (χ0) is 12.2. The van der Waals surface area contributed by atoms with E-state index in [-0.39, 0.29) is 0 Å². The predicted molar refractivity (Wildman–Crippen MR) is 82.8 cm³/mol. The SMILES string of the molecule is Ic1ccc(C23CC(c4ccccc4)(C2)C3)cc1. The second kappa shape index (κ2) is 3.60. The average molecular weight is 346 g/mol. The van der Waals surface area contributed by atoms with Crippen LogP contribution in [0.5, 0.6) is 0 Å². The third-order valence-corrected chi connectivity index (χ3v) is 5.59. The molecule has 0 heterocycles. The zero-order valence-electron chi connectivity index (χ0n) is 10.2. The Morgan fingerprint density at radius 3 is 1.72 bits per heavy atom. The lowest BCUT2D eigenvalue weighted by Gasteiger charge is -2.71. The maximum absolute atomic E-state index is 2.38. The molecule has 0 amide bonds. The molecule has 3 aliphatic rings. The van der Waals surface area contributed by atoms with Gasteiger partial charge in [-0.05, 0) is 75.9 Å². The van der Waals surface area contributed by atoms with Crippen molar-refractivity contribution in [3.8, 4) is 0 Å². The fraction of sp³-hybridized carbons (Fsp3) is 0.294. The van der Waals surface area contributed by atoms with Crippen LogP contribution in [0.4, 0.5) is 0 Å². The smallest absolute Gasteiger partial charge is 0.0130 e. The molecular weight excluding hydrogens is 331 g/mol. The van der Waals surface area contributed by atoms with Gasteiger partial charge in [0.25, 0.3) is 0 Å².